The SMILES string of the molecule is COc1ccc(C(=O)N(C)c2ccccc2OC)c(O)c1. The molecule has 5 heteroatoms. The van der Waals surface area contributed by atoms with Crippen molar-refractivity contribution >= 4 is 11.6 Å². The number of nitrogens with zero attached hydrogens (tertiary/aromatic N) is 1. The van der Waals surface area contributed by atoms with Crippen LogP contribution in [0.15, 0.2) is 42.5 Å². The number of anilines is 1. The van der Waals surface area contributed by atoms with Crippen molar-refractivity contribution in [3.05, 3.63) is 48.0 Å². The number of methoxy groups -OCH3 is 2. The Labute approximate surface area is 123 Å². The zero-order valence-corrected chi connectivity index (χ0v) is 12.2. The Hall–Kier alpha value is -2.69. The topological polar surface area (TPSA) is 59.0 Å². The summed E-state index contributed by atoms with van der Waals surface area (Å²) in [6.45, 7) is 0. The van der Waals surface area contributed by atoms with Crippen LogP contribution in [0.2, 0.25) is 0 Å². The van der Waals surface area contributed by atoms with Gasteiger partial charge in [0.25, 0.3) is 5.91 Å². The van der Waals surface area contributed by atoms with Crippen LogP contribution < -0.4 is 14.4 Å². The van der Waals surface area contributed by atoms with Crippen LogP contribution in [0.3, 0.4) is 0 Å². The monoisotopic (exact) mass is 287 g/mol. The molecule has 0 bridgehead atoms. The number of ether oxygens (including phenoxy) is 2. The molecule has 2 aromatic carbocycles. The molecule has 0 aliphatic rings. The number of rotatable bonds is 4. The van der Waals surface area contributed by atoms with Crippen LogP contribution in [0.5, 0.6) is 17.2 Å². The number of aromatic hydroxyl groups is 1. The van der Waals surface area contributed by atoms with Crippen molar-refractivity contribution in [2.75, 3.05) is 26.2 Å². The highest BCUT2D eigenvalue weighted by molar-refractivity contribution is 6.08. The predicted octanol–water partition coefficient (Wildman–Crippen LogP) is 2.69. The number of carbonyl (C=O) groups is 1. The predicted molar refractivity (Wildman–Crippen MR) is 80.4 cm³/mol. The molecule has 1 N–H and O–H groups in total. The van der Waals surface area contributed by atoms with E-state index in [1.807, 2.05) is 12.1 Å². The lowest BCUT2D eigenvalue weighted by Crippen LogP contribution is -2.26. The number of phenolic OH excluding ortho intramolecular Hbond substituents is 1. The fourth-order valence-corrected chi connectivity index (χ4v) is 2.02. The number of hydrogen-bond donors (Lipinski definition) is 1. The van der Waals surface area contributed by atoms with Crippen molar-refractivity contribution in [3.8, 4) is 17.2 Å². The Morgan fingerprint density at radius 1 is 1.10 bits per heavy atom. The van der Waals surface area contributed by atoms with Gasteiger partial charge in [-0.3, -0.25) is 4.79 Å². The highest BCUT2D eigenvalue weighted by Gasteiger charge is 2.19. The van der Waals surface area contributed by atoms with Crippen LogP contribution >= 0.6 is 0 Å². The summed E-state index contributed by atoms with van der Waals surface area (Å²) in [7, 11) is 4.67. The van der Waals surface area contributed by atoms with Crippen LogP contribution in [0, 0.1) is 0 Å². The normalized spacial score (nSPS) is 10.0. The molecule has 110 valence electrons. The molecule has 0 saturated carbocycles. The van der Waals surface area contributed by atoms with Gasteiger partial charge < -0.3 is 19.5 Å². The average Bonchev–Trinajstić information content (AvgIpc) is 2.53. The second-order valence-electron chi connectivity index (χ2n) is 4.42. The molecule has 2 rings (SSSR count). The maximum absolute atomic E-state index is 12.5. The van der Waals surface area contributed by atoms with Crippen molar-refractivity contribution in [2.24, 2.45) is 0 Å². The summed E-state index contributed by atoms with van der Waals surface area (Å²) >= 11 is 0. The third-order valence-electron chi connectivity index (χ3n) is 3.19. The minimum Gasteiger partial charge on any atom is -0.507 e. The van der Waals surface area contributed by atoms with Gasteiger partial charge >= 0.3 is 0 Å². The zero-order valence-electron chi connectivity index (χ0n) is 12.2. The van der Waals surface area contributed by atoms with Gasteiger partial charge in [-0.25, -0.2) is 0 Å². The number of amides is 1. The van der Waals surface area contributed by atoms with E-state index in [9.17, 15) is 9.90 Å². The Kier molecular flexibility index (Phi) is 4.33. The lowest BCUT2D eigenvalue weighted by Gasteiger charge is -2.20. The maximum Gasteiger partial charge on any atom is 0.261 e. The van der Waals surface area contributed by atoms with Gasteiger partial charge in [0.05, 0.1) is 25.5 Å². The van der Waals surface area contributed by atoms with Crippen LogP contribution in [-0.4, -0.2) is 32.3 Å². The van der Waals surface area contributed by atoms with E-state index < -0.39 is 0 Å². The quantitative estimate of drug-likeness (QED) is 0.939. The fourth-order valence-electron chi connectivity index (χ4n) is 2.02. The molecule has 21 heavy (non-hydrogen) atoms. The highest BCUT2D eigenvalue weighted by Crippen LogP contribution is 2.30. The van der Waals surface area contributed by atoms with Crippen molar-refractivity contribution < 1.29 is 19.4 Å². The average molecular weight is 287 g/mol. The molecule has 0 unspecified atom stereocenters. The van der Waals surface area contributed by atoms with E-state index in [2.05, 4.69) is 0 Å². The minimum atomic E-state index is -0.334. The van der Waals surface area contributed by atoms with Gasteiger partial charge in [0, 0.05) is 13.1 Å². The molecule has 0 spiro atoms. The van der Waals surface area contributed by atoms with E-state index in [4.69, 9.17) is 9.47 Å². The molecule has 0 aromatic heterocycles. The van der Waals surface area contributed by atoms with E-state index >= 15 is 0 Å². The van der Waals surface area contributed by atoms with E-state index in [1.54, 1.807) is 32.4 Å². The molecule has 5 nitrogen and oxygen atoms in total. The van der Waals surface area contributed by atoms with Crippen molar-refractivity contribution in [2.45, 2.75) is 0 Å². The van der Waals surface area contributed by atoms with Crippen LogP contribution in [-0.2, 0) is 0 Å². The molecule has 0 heterocycles. The number of benzene rings is 2. The second-order valence-corrected chi connectivity index (χ2v) is 4.42. The van der Waals surface area contributed by atoms with E-state index in [0.717, 1.165) is 0 Å². The van der Waals surface area contributed by atoms with Crippen molar-refractivity contribution in [1.29, 1.82) is 0 Å². The van der Waals surface area contributed by atoms with Crippen LogP contribution in [0.25, 0.3) is 0 Å². The van der Waals surface area contributed by atoms with Crippen molar-refractivity contribution in [1.82, 2.24) is 0 Å². The van der Waals surface area contributed by atoms with Gasteiger partial charge in [-0.15, -0.1) is 0 Å². The molecule has 0 radical (unpaired) electrons. The lowest BCUT2D eigenvalue weighted by molar-refractivity contribution is 0.0990. The minimum absolute atomic E-state index is 0.124. The van der Waals surface area contributed by atoms with Gasteiger partial charge in [-0.1, -0.05) is 12.1 Å². The summed E-state index contributed by atoms with van der Waals surface area (Å²) in [5, 5.41) is 9.96. The van der Waals surface area contributed by atoms with Gasteiger partial charge in [-0.05, 0) is 24.3 Å². The molecule has 2 aromatic rings. The summed E-state index contributed by atoms with van der Waals surface area (Å²) in [5.41, 5.74) is 0.824. The molecule has 0 fully saturated rings. The first-order valence-corrected chi connectivity index (χ1v) is 6.36. The summed E-state index contributed by atoms with van der Waals surface area (Å²) in [5.74, 6) is 0.617. The Morgan fingerprint density at radius 3 is 2.43 bits per heavy atom. The summed E-state index contributed by atoms with van der Waals surface area (Å²) < 4.78 is 10.2. The number of carbonyl (C=O) groups excluding carboxylic acids is 1. The Balaban J connectivity index is 2.35. The Morgan fingerprint density at radius 2 is 1.81 bits per heavy atom. The molecular weight excluding hydrogens is 270 g/mol. The molecule has 1 amide bonds. The summed E-state index contributed by atoms with van der Waals surface area (Å²) in [6, 6.07) is 11.8. The summed E-state index contributed by atoms with van der Waals surface area (Å²) in [4.78, 5) is 13.9. The smallest absolute Gasteiger partial charge is 0.261 e. The van der Waals surface area contributed by atoms with Gasteiger partial charge in [0.15, 0.2) is 0 Å². The molecule has 0 aliphatic heterocycles. The van der Waals surface area contributed by atoms with Gasteiger partial charge in [0.1, 0.15) is 17.2 Å². The first-order chi connectivity index (χ1) is 10.1. The van der Waals surface area contributed by atoms with Gasteiger partial charge in [0.2, 0.25) is 0 Å². The second kappa shape index (κ2) is 6.17. The van der Waals surface area contributed by atoms with Gasteiger partial charge in [-0.2, -0.15) is 0 Å². The Bertz CT molecular complexity index is 654. The maximum atomic E-state index is 12.5. The van der Waals surface area contributed by atoms with Crippen LogP contribution in [0.4, 0.5) is 5.69 Å². The molecule has 0 atom stereocenters. The zero-order chi connectivity index (χ0) is 15.4. The molecule has 0 saturated heterocycles. The van der Waals surface area contributed by atoms with E-state index in [1.165, 1.54) is 24.1 Å². The van der Waals surface area contributed by atoms with Crippen LogP contribution in [0.1, 0.15) is 10.4 Å². The number of phenols is 1. The third-order valence-corrected chi connectivity index (χ3v) is 3.19. The van der Waals surface area contributed by atoms with Crippen molar-refractivity contribution in [3.63, 3.8) is 0 Å². The van der Waals surface area contributed by atoms with E-state index in [-0.39, 0.29) is 17.2 Å². The first-order valence-electron chi connectivity index (χ1n) is 6.36. The summed E-state index contributed by atoms with van der Waals surface area (Å²) in [6.07, 6.45) is 0. The third kappa shape index (κ3) is 2.91. The standard InChI is InChI=1S/C16H17NO4/c1-17(13-6-4-5-7-15(13)21-3)16(19)12-9-8-11(20-2)10-14(12)18/h4-10,18H,1-3H3. The van der Waals surface area contributed by atoms with E-state index in [0.29, 0.717) is 17.2 Å². The molecular formula is C16H17NO4. The molecule has 0 aliphatic carbocycles. The first kappa shape index (κ1) is 14.7. The fraction of sp³-hybridized carbons (Fsp3) is 0.188. The number of hydrogen-bond acceptors (Lipinski definition) is 4. The highest BCUT2D eigenvalue weighted by atomic mass is 16.5. The lowest BCUT2D eigenvalue weighted by atomic mass is 10.1. The largest absolute Gasteiger partial charge is 0.507 e. The number of para-hydroxylation sites is 2.